The molecule has 0 bridgehead atoms. The molecule has 54 heavy (non-hydrogen) atoms. The van der Waals surface area contributed by atoms with Crippen molar-refractivity contribution >= 4 is 17.5 Å². The summed E-state index contributed by atoms with van der Waals surface area (Å²) in [5, 5.41) is 13.0. The zero-order valence-corrected chi connectivity index (χ0v) is 31.0. The van der Waals surface area contributed by atoms with E-state index < -0.39 is 0 Å². The summed E-state index contributed by atoms with van der Waals surface area (Å²) in [6.07, 6.45) is 6.59. The summed E-state index contributed by atoms with van der Waals surface area (Å²) >= 11 is 0. The van der Waals surface area contributed by atoms with Gasteiger partial charge in [-0.2, -0.15) is 0 Å². The number of anilines is 1. The molecule has 8 nitrogen and oxygen atoms in total. The molecule has 3 fully saturated rings. The van der Waals surface area contributed by atoms with Gasteiger partial charge in [0, 0.05) is 68.6 Å². The number of nitrogens with zero attached hydrogens (tertiary/aromatic N) is 3. The van der Waals surface area contributed by atoms with E-state index in [0.717, 1.165) is 68.9 Å². The number of carbonyl (C=O) groups excluding carboxylic acids is 2. The molecule has 2 amide bonds. The average Bonchev–Trinajstić information content (AvgIpc) is 3.77. The number of ether oxygens (including phenoxy) is 1. The summed E-state index contributed by atoms with van der Waals surface area (Å²) in [5.41, 5.74) is 8.95. The maximum Gasteiger partial charge on any atom is 0.255 e. The number of aromatic hydroxyl groups is 1. The maximum atomic E-state index is 13.2. The molecule has 0 spiro atoms. The maximum absolute atomic E-state index is 13.2. The van der Waals surface area contributed by atoms with Gasteiger partial charge in [0.2, 0.25) is 5.91 Å². The van der Waals surface area contributed by atoms with Gasteiger partial charge in [-0.25, -0.2) is 0 Å². The molecular weight excluding hydrogens is 673 g/mol. The molecule has 0 aromatic heterocycles. The molecule has 2 N–H and O–H groups in total. The van der Waals surface area contributed by atoms with Crippen molar-refractivity contribution in [1.82, 2.24) is 15.1 Å². The van der Waals surface area contributed by atoms with E-state index in [1.165, 1.54) is 40.8 Å². The first-order valence-electron chi connectivity index (χ1n) is 19.9. The second-order valence-corrected chi connectivity index (χ2v) is 16.1. The molecule has 8 heteroatoms. The van der Waals surface area contributed by atoms with Crippen molar-refractivity contribution < 1.29 is 19.4 Å². The first-order valence-corrected chi connectivity index (χ1v) is 19.9. The minimum atomic E-state index is -0.168. The number of hydrogen-bond acceptors (Lipinski definition) is 6. The van der Waals surface area contributed by atoms with E-state index in [-0.39, 0.29) is 29.9 Å². The molecule has 1 unspecified atom stereocenters. The number of phenols is 1. The number of aryl methyl sites for hydroxylation is 1. The number of hydrogen-bond donors (Lipinski definition) is 2. The zero-order chi connectivity index (χ0) is 36.8. The predicted octanol–water partition coefficient (Wildman–Crippen LogP) is 7.37. The lowest BCUT2D eigenvalue weighted by Gasteiger charge is -2.36. The van der Waals surface area contributed by atoms with Gasteiger partial charge in [-0.15, -0.1) is 0 Å². The van der Waals surface area contributed by atoms with E-state index in [9.17, 15) is 14.7 Å². The highest BCUT2D eigenvalue weighted by Crippen LogP contribution is 2.47. The number of carbonyl (C=O) groups is 2. The van der Waals surface area contributed by atoms with Crippen molar-refractivity contribution in [2.24, 2.45) is 5.92 Å². The molecule has 4 aromatic carbocycles. The Morgan fingerprint density at radius 3 is 2.41 bits per heavy atom. The number of phenolic OH excluding ortho intramolecular Hbond substituents is 1. The second kappa shape index (κ2) is 14.6. The van der Waals surface area contributed by atoms with Gasteiger partial charge in [0.15, 0.2) is 0 Å². The van der Waals surface area contributed by atoms with Crippen LogP contribution in [0.5, 0.6) is 11.5 Å². The highest BCUT2D eigenvalue weighted by atomic mass is 16.5. The number of likely N-dealkylation sites (tertiary alicyclic amines) is 1. The number of rotatable bonds is 8. The van der Waals surface area contributed by atoms with Crippen LogP contribution < -0.4 is 15.0 Å². The van der Waals surface area contributed by atoms with E-state index >= 15 is 0 Å². The van der Waals surface area contributed by atoms with E-state index in [2.05, 4.69) is 82.4 Å². The molecule has 5 aliphatic rings. The van der Waals surface area contributed by atoms with Crippen LogP contribution in [0.25, 0.3) is 0 Å². The molecule has 4 aromatic rings. The Hall–Kier alpha value is -5.08. The monoisotopic (exact) mass is 722 g/mol. The number of amides is 2. The predicted molar refractivity (Wildman–Crippen MR) is 211 cm³/mol. The Balaban J connectivity index is 0.778. The van der Waals surface area contributed by atoms with Crippen molar-refractivity contribution in [3.63, 3.8) is 0 Å². The van der Waals surface area contributed by atoms with Crippen LogP contribution in [0.2, 0.25) is 0 Å². The summed E-state index contributed by atoms with van der Waals surface area (Å²) in [5.74, 6) is 2.50. The highest BCUT2D eigenvalue weighted by molar-refractivity contribution is 5.99. The van der Waals surface area contributed by atoms with Crippen molar-refractivity contribution in [3.8, 4) is 11.5 Å². The van der Waals surface area contributed by atoms with Gasteiger partial charge >= 0.3 is 0 Å². The molecule has 0 saturated carbocycles. The number of benzene rings is 4. The van der Waals surface area contributed by atoms with E-state index in [1.807, 2.05) is 35.2 Å². The Kier molecular flexibility index (Phi) is 9.39. The third-order valence-electron chi connectivity index (χ3n) is 12.7. The minimum absolute atomic E-state index is 0.000844. The van der Waals surface area contributed by atoms with Crippen molar-refractivity contribution in [1.29, 1.82) is 0 Å². The number of nitrogens with one attached hydrogen (secondary N) is 1. The van der Waals surface area contributed by atoms with E-state index in [4.69, 9.17) is 4.74 Å². The van der Waals surface area contributed by atoms with Crippen molar-refractivity contribution in [2.45, 2.75) is 75.5 Å². The van der Waals surface area contributed by atoms with Gasteiger partial charge in [0.05, 0.1) is 6.04 Å². The van der Waals surface area contributed by atoms with Gasteiger partial charge in [-0.3, -0.25) is 14.5 Å². The van der Waals surface area contributed by atoms with Crippen LogP contribution in [0.15, 0.2) is 103 Å². The molecule has 1 aliphatic carbocycles. The quantitative estimate of drug-likeness (QED) is 0.198. The third kappa shape index (κ3) is 6.88. The third-order valence-corrected chi connectivity index (χ3v) is 12.7. The van der Waals surface area contributed by atoms with Crippen molar-refractivity contribution in [2.75, 3.05) is 37.6 Å². The van der Waals surface area contributed by atoms with Gasteiger partial charge in [-0.1, -0.05) is 55.1 Å². The lowest BCUT2D eigenvalue weighted by molar-refractivity contribution is -0.121. The fourth-order valence-corrected chi connectivity index (χ4v) is 9.92. The van der Waals surface area contributed by atoms with Gasteiger partial charge < -0.3 is 25.0 Å². The topological polar surface area (TPSA) is 85.4 Å². The molecule has 278 valence electrons. The van der Waals surface area contributed by atoms with E-state index in [0.29, 0.717) is 42.7 Å². The summed E-state index contributed by atoms with van der Waals surface area (Å²) in [4.78, 5) is 31.9. The first-order chi connectivity index (χ1) is 26.4. The molecule has 0 radical (unpaired) electrons. The Bertz CT molecular complexity index is 2040. The lowest BCUT2D eigenvalue weighted by atomic mass is 9.69. The molecule has 4 heterocycles. The lowest BCUT2D eigenvalue weighted by Crippen LogP contribution is -2.45. The minimum Gasteiger partial charge on any atom is -0.508 e. The van der Waals surface area contributed by atoms with Gasteiger partial charge in [0.1, 0.15) is 17.6 Å². The van der Waals surface area contributed by atoms with Crippen molar-refractivity contribution in [3.05, 3.63) is 137 Å². The Morgan fingerprint density at radius 1 is 0.796 bits per heavy atom. The van der Waals surface area contributed by atoms with Gasteiger partial charge in [0.25, 0.3) is 5.91 Å². The first kappa shape index (κ1) is 34.7. The Labute approximate surface area is 318 Å². The largest absolute Gasteiger partial charge is 0.508 e. The van der Waals surface area contributed by atoms with E-state index in [1.54, 1.807) is 0 Å². The smallest absolute Gasteiger partial charge is 0.255 e. The summed E-state index contributed by atoms with van der Waals surface area (Å²) < 4.78 is 6.49. The molecule has 3 saturated heterocycles. The molecular formula is C46H50N4O4. The Morgan fingerprint density at radius 2 is 1.61 bits per heavy atom. The van der Waals surface area contributed by atoms with Gasteiger partial charge in [-0.05, 0) is 121 Å². The zero-order valence-electron chi connectivity index (χ0n) is 31.0. The standard InChI is InChI=1S/C46H50N4O4/c1-30-43(17-18-44(52)47-30)50-28-35-26-38(13-16-42(35)46(50)53)54-39-21-22-48(29-39)27-31-19-23-49(24-20-31)36-10-7-33(8-11-36)45-40(32-5-3-2-4-6-32)14-9-34-25-37(51)12-15-41(34)45/h2-8,10-13,15-16,25-26,31,39-40,43,45,51H,1,9,14,17-24,27-29H2,(H,47,52)/t39-,40+,43?,45-/m0/s1. The summed E-state index contributed by atoms with van der Waals surface area (Å²) in [6.45, 7) is 9.76. The summed E-state index contributed by atoms with van der Waals surface area (Å²) in [6, 6.07) is 31.9. The average molecular weight is 723 g/mol. The normalized spacial score (nSPS) is 24.7. The number of fused-ring (bicyclic) bond motifs is 2. The molecule has 9 rings (SSSR count). The fraction of sp³-hybridized carbons (Fsp3) is 0.391. The summed E-state index contributed by atoms with van der Waals surface area (Å²) in [7, 11) is 0. The number of piperidine rings is 2. The van der Waals surface area contributed by atoms with Crippen LogP contribution in [-0.4, -0.2) is 71.6 Å². The van der Waals surface area contributed by atoms with Crippen LogP contribution in [-0.2, 0) is 17.8 Å². The highest BCUT2D eigenvalue weighted by Gasteiger charge is 2.37. The van der Waals surface area contributed by atoms with Crippen LogP contribution in [0.4, 0.5) is 5.69 Å². The fourth-order valence-electron chi connectivity index (χ4n) is 9.92. The van der Waals surface area contributed by atoms with Crippen LogP contribution in [0, 0.1) is 5.92 Å². The SMILES string of the molecule is C=C1NC(=O)CCC1N1Cc2cc(O[C@H]3CCN(CC4CCN(c5ccc([C@@H]6c7ccc(O)cc7CC[C@@H]6c6ccccc6)cc5)CC4)C3)ccc2C1=O. The molecule has 4 aliphatic heterocycles. The van der Waals surface area contributed by atoms with Crippen LogP contribution >= 0.6 is 0 Å². The van der Waals surface area contributed by atoms with Crippen LogP contribution in [0.3, 0.4) is 0 Å². The molecule has 4 atom stereocenters. The van der Waals surface area contributed by atoms with Crippen LogP contribution in [0.1, 0.15) is 88.5 Å². The second-order valence-electron chi connectivity index (χ2n) is 16.1.